The lowest BCUT2D eigenvalue weighted by atomic mass is 10.0. The fourth-order valence-corrected chi connectivity index (χ4v) is 3.68. The van der Waals surface area contributed by atoms with Crippen LogP contribution in [0.1, 0.15) is 0 Å². The van der Waals surface area contributed by atoms with Gasteiger partial charge in [-0.1, -0.05) is 18.7 Å². The van der Waals surface area contributed by atoms with Crippen molar-refractivity contribution in [2.24, 2.45) is 0 Å². The molecule has 0 aliphatic carbocycles. The molecule has 2 aromatic rings. The zero-order valence-electron chi connectivity index (χ0n) is 13.1. The Morgan fingerprint density at radius 2 is 1.46 bits per heavy atom. The van der Waals surface area contributed by atoms with E-state index in [1.54, 1.807) is 0 Å². The molecule has 0 fully saturated rings. The standard InChI is InChI=1S/C15H14N2O7S2/c1-2-15(18)17-10-4-6-12(14(8-10)26(22,23)24)11-5-3-9(16)7-13(11)25(19,20)21/h2-8H,1,16H2,(H,17,18)(H,19,20,21)(H,22,23,24). The fraction of sp³-hybridized carbons (Fsp3) is 0. The quantitative estimate of drug-likeness (QED) is 0.335. The number of carbonyl (C=O) groups excluding carboxylic acids is 1. The van der Waals surface area contributed by atoms with E-state index >= 15 is 0 Å². The number of rotatable bonds is 5. The Labute approximate surface area is 149 Å². The Morgan fingerprint density at radius 1 is 0.962 bits per heavy atom. The third-order valence-electron chi connectivity index (χ3n) is 3.29. The van der Waals surface area contributed by atoms with Gasteiger partial charge in [0.15, 0.2) is 0 Å². The Bertz CT molecular complexity index is 1110. The second kappa shape index (κ2) is 6.88. The molecule has 0 heterocycles. The molecule has 9 nitrogen and oxygen atoms in total. The van der Waals surface area contributed by atoms with E-state index < -0.39 is 35.9 Å². The van der Waals surface area contributed by atoms with Crippen molar-refractivity contribution < 1.29 is 30.7 Å². The highest BCUT2D eigenvalue weighted by Crippen LogP contribution is 2.35. The lowest BCUT2D eigenvalue weighted by Crippen LogP contribution is -2.10. The molecule has 0 saturated heterocycles. The van der Waals surface area contributed by atoms with Gasteiger partial charge in [-0.25, -0.2) is 0 Å². The highest BCUT2D eigenvalue weighted by Gasteiger charge is 2.24. The average Bonchev–Trinajstić information content (AvgIpc) is 2.53. The summed E-state index contributed by atoms with van der Waals surface area (Å²) in [6.07, 6.45) is 0.956. The highest BCUT2D eigenvalue weighted by molar-refractivity contribution is 7.86. The Kier molecular flexibility index (Phi) is 5.18. The Balaban J connectivity index is 2.79. The zero-order chi connectivity index (χ0) is 19.7. The summed E-state index contributed by atoms with van der Waals surface area (Å²) in [7, 11) is -9.54. The van der Waals surface area contributed by atoms with Crippen LogP contribution < -0.4 is 11.1 Å². The van der Waals surface area contributed by atoms with Crippen LogP contribution in [0.2, 0.25) is 0 Å². The maximum atomic E-state index is 11.7. The Hall–Kier alpha value is -2.73. The number of nitrogens with two attached hydrogens (primary N) is 1. The summed E-state index contributed by atoms with van der Waals surface area (Å²) < 4.78 is 65.6. The van der Waals surface area contributed by atoms with Crippen LogP contribution in [-0.2, 0) is 25.0 Å². The van der Waals surface area contributed by atoms with Crippen molar-refractivity contribution in [2.45, 2.75) is 9.79 Å². The van der Waals surface area contributed by atoms with Crippen molar-refractivity contribution in [3.05, 3.63) is 49.1 Å². The van der Waals surface area contributed by atoms with Crippen LogP contribution in [0.3, 0.4) is 0 Å². The van der Waals surface area contributed by atoms with Gasteiger partial charge in [0.25, 0.3) is 20.2 Å². The largest absolute Gasteiger partial charge is 0.399 e. The summed E-state index contributed by atoms with van der Waals surface area (Å²) in [5.74, 6) is -0.620. The minimum atomic E-state index is -4.80. The number of amides is 1. The van der Waals surface area contributed by atoms with E-state index in [0.29, 0.717) is 0 Å². The molecule has 0 unspecified atom stereocenters. The highest BCUT2D eigenvalue weighted by atomic mass is 32.2. The first kappa shape index (κ1) is 19.6. The normalized spacial score (nSPS) is 11.8. The van der Waals surface area contributed by atoms with Gasteiger partial charge in [0.2, 0.25) is 5.91 Å². The molecule has 1 amide bonds. The molecular weight excluding hydrogens is 384 g/mol. The molecule has 138 valence electrons. The summed E-state index contributed by atoms with van der Waals surface area (Å²) in [6, 6.07) is 6.83. The predicted molar refractivity (Wildman–Crippen MR) is 94.7 cm³/mol. The number of anilines is 2. The van der Waals surface area contributed by atoms with Gasteiger partial charge in [-0.2, -0.15) is 16.8 Å². The number of benzene rings is 2. The number of carbonyl (C=O) groups is 1. The van der Waals surface area contributed by atoms with Gasteiger partial charge >= 0.3 is 0 Å². The molecule has 0 spiro atoms. The van der Waals surface area contributed by atoms with Crippen LogP contribution in [0, 0.1) is 0 Å². The van der Waals surface area contributed by atoms with Crippen molar-refractivity contribution in [2.75, 3.05) is 11.1 Å². The lowest BCUT2D eigenvalue weighted by molar-refractivity contribution is -0.111. The molecule has 0 aromatic heterocycles. The summed E-state index contributed by atoms with van der Waals surface area (Å²) in [4.78, 5) is 10.0. The number of nitrogen functional groups attached to an aromatic ring is 1. The average molecular weight is 398 g/mol. The van der Waals surface area contributed by atoms with Crippen molar-refractivity contribution in [3.8, 4) is 11.1 Å². The second-order valence-corrected chi connectivity index (χ2v) is 7.89. The molecule has 0 atom stereocenters. The SMILES string of the molecule is C=CC(=O)Nc1ccc(-c2ccc(N)cc2S(=O)(=O)O)c(S(=O)(=O)O)c1. The molecular formula is C15H14N2O7S2. The third kappa shape index (κ3) is 4.26. The van der Waals surface area contributed by atoms with Crippen LogP contribution >= 0.6 is 0 Å². The second-order valence-electron chi connectivity index (χ2n) is 5.11. The van der Waals surface area contributed by atoms with Gasteiger partial charge in [-0.15, -0.1) is 0 Å². The summed E-state index contributed by atoms with van der Waals surface area (Å²) in [6.45, 7) is 3.25. The Morgan fingerprint density at radius 3 is 1.96 bits per heavy atom. The molecule has 0 aliphatic heterocycles. The van der Waals surface area contributed by atoms with Crippen molar-refractivity contribution >= 4 is 37.5 Å². The molecule has 5 N–H and O–H groups in total. The topological polar surface area (TPSA) is 164 Å². The minimum Gasteiger partial charge on any atom is -0.399 e. The van der Waals surface area contributed by atoms with Crippen LogP contribution in [0.4, 0.5) is 11.4 Å². The maximum absolute atomic E-state index is 11.7. The van der Waals surface area contributed by atoms with Gasteiger partial charge in [0.1, 0.15) is 9.79 Å². The smallest absolute Gasteiger partial charge is 0.295 e. The third-order valence-corrected chi connectivity index (χ3v) is 5.07. The molecule has 0 radical (unpaired) electrons. The maximum Gasteiger partial charge on any atom is 0.295 e. The van der Waals surface area contributed by atoms with Gasteiger partial charge in [-0.05, 0) is 30.3 Å². The van der Waals surface area contributed by atoms with Crippen LogP contribution in [0.15, 0.2) is 58.8 Å². The number of hydrogen-bond acceptors (Lipinski definition) is 6. The molecule has 2 aromatic carbocycles. The van der Waals surface area contributed by atoms with E-state index in [-0.39, 0.29) is 22.5 Å². The zero-order valence-corrected chi connectivity index (χ0v) is 14.7. The fourth-order valence-electron chi connectivity index (χ4n) is 2.20. The first-order valence-electron chi connectivity index (χ1n) is 6.86. The van der Waals surface area contributed by atoms with Crippen LogP contribution in [0.25, 0.3) is 11.1 Å². The monoisotopic (exact) mass is 398 g/mol. The van der Waals surface area contributed by atoms with E-state index in [4.69, 9.17) is 5.73 Å². The molecule has 2 rings (SSSR count). The van der Waals surface area contributed by atoms with E-state index in [1.807, 2.05) is 0 Å². The van der Waals surface area contributed by atoms with E-state index in [0.717, 1.165) is 18.2 Å². The molecule has 0 aliphatic rings. The minimum absolute atomic E-state index is 0.0182. The molecule has 0 bridgehead atoms. The number of nitrogens with one attached hydrogen (secondary N) is 1. The van der Waals surface area contributed by atoms with Crippen molar-refractivity contribution in [1.82, 2.24) is 0 Å². The van der Waals surface area contributed by atoms with E-state index in [1.165, 1.54) is 24.3 Å². The van der Waals surface area contributed by atoms with Crippen LogP contribution in [0.5, 0.6) is 0 Å². The lowest BCUT2D eigenvalue weighted by Gasteiger charge is -2.13. The van der Waals surface area contributed by atoms with Crippen molar-refractivity contribution in [1.29, 1.82) is 0 Å². The first-order chi connectivity index (χ1) is 11.9. The van der Waals surface area contributed by atoms with E-state index in [2.05, 4.69) is 11.9 Å². The summed E-state index contributed by atoms with van der Waals surface area (Å²) >= 11 is 0. The van der Waals surface area contributed by atoms with Gasteiger partial charge in [0.05, 0.1) is 0 Å². The first-order valence-corrected chi connectivity index (χ1v) is 9.74. The van der Waals surface area contributed by atoms with Gasteiger partial charge < -0.3 is 11.1 Å². The molecule has 11 heteroatoms. The predicted octanol–water partition coefficient (Wildman–Crippen LogP) is 1.55. The van der Waals surface area contributed by atoms with Gasteiger partial charge in [-0.3, -0.25) is 13.9 Å². The number of hydrogen-bond donors (Lipinski definition) is 4. The summed E-state index contributed by atoms with van der Waals surface area (Å²) in [5, 5.41) is 2.32. The van der Waals surface area contributed by atoms with Crippen LogP contribution in [-0.4, -0.2) is 31.8 Å². The van der Waals surface area contributed by atoms with Gasteiger partial charge in [0, 0.05) is 22.5 Å². The summed E-state index contributed by atoms with van der Waals surface area (Å²) in [5.41, 5.74) is 5.15. The molecule has 0 saturated carbocycles. The van der Waals surface area contributed by atoms with E-state index in [9.17, 15) is 30.7 Å². The molecule has 26 heavy (non-hydrogen) atoms. The van der Waals surface area contributed by atoms with Crippen molar-refractivity contribution in [3.63, 3.8) is 0 Å².